The summed E-state index contributed by atoms with van der Waals surface area (Å²) in [5, 5.41) is 0. The first kappa shape index (κ1) is 9.68. The fourth-order valence-corrected chi connectivity index (χ4v) is 1.34. The predicted molar refractivity (Wildman–Crippen MR) is 49.6 cm³/mol. The maximum Gasteiger partial charge on any atom is 0.129 e. The molecular weight excluding hydrogens is 223 g/mol. The molecule has 0 bridgehead atoms. The van der Waals surface area contributed by atoms with E-state index >= 15 is 0 Å². The monoisotopic (exact) mass is 232 g/mol. The lowest BCUT2D eigenvalue weighted by molar-refractivity contribution is 0.181. The average Bonchev–Trinajstić information content (AvgIpc) is 2.01. The molecule has 0 N–H and O–H groups in total. The number of halogens is 2. The molecule has 0 saturated heterocycles. The highest BCUT2D eigenvalue weighted by Crippen LogP contribution is 2.20. The van der Waals surface area contributed by atoms with Gasteiger partial charge in [-0.05, 0) is 24.6 Å². The van der Waals surface area contributed by atoms with Gasteiger partial charge in [-0.3, -0.25) is 0 Å². The second-order valence-electron chi connectivity index (χ2n) is 2.63. The van der Waals surface area contributed by atoms with E-state index in [0.29, 0.717) is 12.2 Å². The third-order valence-electron chi connectivity index (χ3n) is 1.63. The normalized spacial score (nSPS) is 10.3. The summed E-state index contributed by atoms with van der Waals surface area (Å²) in [6, 6.07) is 3.24. The number of rotatable bonds is 2. The minimum Gasteiger partial charge on any atom is -0.380 e. The van der Waals surface area contributed by atoms with Crippen LogP contribution in [-0.2, 0) is 11.3 Å². The molecule has 0 saturated carbocycles. The molecule has 12 heavy (non-hydrogen) atoms. The van der Waals surface area contributed by atoms with Gasteiger partial charge in [0.2, 0.25) is 0 Å². The van der Waals surface area contributed by atoms with Gasteiger partial charge in [-0.25, -0.2) is 4.39 Å². The van der Waals surface area contributed by atoms with Crippen molar-refractivity contribution in [1.82, 2.24) is 0 Å². The van der Waals surface area contributed by atoms with E-state index < -0.39 is 0 Å². The van der Waals surface area contributed by atoms with Crippen molar-refractivity contribution >= 4 is 15.9 Å². The zero-order valence-corrected chi connectivity index (χ0v) is 8.61. The molecule has 0 aliphatic heterocycles. The summed E-state index contributed by atoms with van der Waals surface area (Å²) in [7, 11) is 1.55. The molecule has 1 aromatic carbocycles. The second-order valence-corrected chi connectivity index (χ2v) is 3.48. The van der Waals surface area contributed by atoms with Crippen molar-refractivity contribution in [2.45, 2.75) is 13.5 Å². The van der Waals surface area contributed by atoms with Crippen molar-refractivity contribution in [2.75, 3.05) is 7.11 Å². The highest BCUT2D eigenvalue weighted by Gasteiger charge is 2.04. The van der Waals surface area contributed by atoms with E-state index in [2.05, 4.69) is 15.9 Å². The Morgan fingerprint density at radius 2 is 2.17 bits per heavy atom. The minimum absolute atomic E-state index is 0.211. The predicted octanol–water partition coefficient (Wildman–Crippen LogP) is 3.04. The third-order valence-corrected chi connectivity index (χ3v) is 2.48. The Morgan fingerprint density at radius 3 is 2.75 bits per heavy atom. The van der Waals surface area contributed by atoms with E-state index in [-0.39, 0.29) is 5.82 Å². The molecule has 66 valence electrons. The van der Waals surface area contributed by atoms with Crippen LogP contribution in [0.25, 0.3) is 0 Å². The van der Waals surface area contributed by atoms with E-state index in [0.717, 1.165) is 10.0 Å². The maximum absolute atomic E-state index is 13.1. The maximum atomic E-state index is 13.1. The molecule has 0 aliphatic rings. The SMILES string of the molecule is COCc1cc(Br)c(C)cc1F. The van der Waals surface area contributed by atoms with Crippen LogP contribution in [0.5, 0.6) is 0 Å². The largest absolute Gasteiger partial charge is 0.380 e. The molecular formula is C9H10BrFO. The zero-order chi connectivity index (χ0) is 9.14. The summed E-state index contributed by atoms with van der Waals surface area (Å²) >= 11 is 3.33. The Morgan fingerprint density at radius 1 is 1.50 bits per heavy atom. The summed E-state index contributed by atoms with van der Waals surface area (Å²) in [5.74, 6) is -0.211. The molecule has 0 aromatic heterocycles. The van der Waals surface area contributed by atoms with Gasteiger partial charge in [0.05, 0.1) is 6.61 Å². The van der Waals surface area contributed by atoms with E-state index in [9.17, 15) is 4.39 Å². The molecule has 1 rings (SSSR count). The molecule has 0 unspecified atom stereocenters. The van der Waals surface area contributed by atoms with Crippen LogP contribution in [0.3, 0.4) is 0 Å². The second kappa shape index (κ2) is 4.01. The van der Waals surface area contributed by atoms with E-state index in [4.69, 9.17) is 4.74 Å². The number of hydrogen-bond donors (Lipinski definition) is 0. The Hall–Kier alpha value is -0.410. The van der Waals surface area contributed by atoms with Gasteiger partial charge in [0.25, 0.3) is 0 Å². The number of methoxy groups -OCH3 is 1. The Balaban J connectivity index is 3.05. The van der Waals surface area contributed by atoms with Crippen LogP contribution in [0, 0.1) is 12.7 Å². The highest BCUT2D eigenvalue weighted by atomic mass is 79.9. The fraction of sp³-hybridized carbons (Fsp3) is 0.333. The number of hydrogen-bond acceptors (Lipinski definition) is 1. The zero-order valence-electron chi connectivity index (χ0n) is 7.03. The fourth-order valence-electron chi connectivity index (χ4n) is 0.954. The van der Waals surface area contributed by atoms with Crippen LogP contribution in [-0.4, -0.2) is 7.11 Å². The molecule has 1 aromatic rings. The number of aryl methyl sites for hydroxylation is 1. The topological polar surface area (TPSA) is 9.23 Å². The first-order chi connectivity index (χ1) is 5.65. The molecule has 1 nitrogen and oxygen atoms in total. The van der Waals surface area contributed by atoms with E-state index in [1.165, 1.54) is 6.07 Å². The highest BCUT2D eigenvalue weighted by molar-refractivity contribution is 9.10. The Kier molecular flexibility index (Phi) is 3.23. The van der Waals surface area contributed by atoms with E-state index in [1.54, 1.807) is 13.2 Å². The van der Waals surface area contributed by atoms with Gasteiger partial charge in [0, 0.05) is 17.1 Å². The van der Waals surface area contributed by atoms with Crippen molar-refractivity contribution < 1.29 is 9.13 Å². The van der Waals surface area contributed by atoms with Crippen molar-refractivity contribution in [3.63, 3.8) is 0 Å². The van der Waals surface area contributed by atoms with Crippen LogP contribution in [0.15, 0.2) is 16.6 Å². The summed E-state index contributed by atoms with van der Waals surface area (Å²) < 4.78 is 18.9. The van der Waals surface area contributed by atoms with Crippen LogP contribution in [0.2, 0.25) is 0 Å². The summed E-state index contributed by atoms with van der Waals surface area (Å²) in [4.78, 5) is 0. The summed E-state index contributed by atoms with van der Waals surface area (Å²) in [6.07, 6.45) is 0. The van der Waals surface area contributed by atoms with Crippen LogP contribution >= 0.6 is 15.9 Å². The first-order valence-electron chi connectivity index (χ1n) is 3.58. The summed E-state index contributed by atoms with van der Waals surface area (Å²) in [5.41, 5.74) is 1.47. The lowest BCUT2D eigenvalue weighted by Crippen LogP contribution is -1.93. The first-order valence-corrected chi connectivity index (χ1v) is 4.38. The van der Waals surface area contributed by atoms with Crippen molar-refractivity contribution in [1.29, 1.82) is 0 Å². The van der Waals surface area contributed by atoms with Crippen molar-refractivity contribution in [3.8, 4) is 0 Å². The molecule has 0 fully saturated rings. The van der Waals surface area contributed by atoms with Crippen LogP contribution in [0.4, 0.5) is 4.39 Å². The average molecular weight is 233 g/mol. The van der Waals surface area contributed by atoms with Gasteiger partial charge in [-0.2, -0.15) is 0 Å². The lowest BCUT2D eigenvalue weighted by atomic mass is 10.1. The number of benzene rings is 1. The third kappa shape index (κ3) is 2.05. The minimum atomic E-state index is -0.211. The Labute approximate surface area is 79.7 Å². The summed E-state index contributed by atoms with van der Waals surface area (Å²) in [6.45, 7) is 2.16. The lowest BCUT2D eigenvalue weighted by Gasteiger charge is -2.04. The molecule has 0 heterocycles. The van der Waals surface area contributed by atoms with Gasteiger partial charge >= 0.3 is 0 Å². The van der Waals surface area contributed by atoms with E-state index in [1.807, 2.05) is 6.92 Å². The molecule has 0 atom stereocenters. The smallest absolute Gasteiger partial charge is 0.129 e. The van der Waals surface area contributed by atoms with Gasteiger partial charge in [-0.15, -0.1) is 0 Å². The molecule has 0 aliphatic carbocycles. The van der Waals surface area contributed by atoms with Crippen molar-refractivity contribution in [3.05, 3.63) is 33.5 Å². The molecule has 0 spiro atoms. The van der Waals surface area contributed by atoms with Gasteiger partial charge < -0.3 is 4.74 Å². The molecule has 3 heteroatoms. The van der Waals surface area contributed by atoms with Crippen molar-refractivity contribution in [2.24, 2.45) is 0 Å². The molecule has 0 amide bonds. The number of ether oxygens (including phenoxy) is 1. The van der Waals surface area contributed by atoms with Crippen LogP contribution < -0.4 is 0 Å². The Bertz CT molecular complexity index is 286. The van der Waals surface area contributed by atoms with Gasteiger partial charge in [0.1, 0.15) is 5.82 Å². The quantitative estimate of drug-likeness (QED) is 0.762. The van der Waals surface area contributed by atoms with Gasteiger partial charge in [-0.1, -0.05) is 15.9 Å². The standard InChI is InChI=1S/C9H10BrFO/c1-6-3-9(11)7(5-12-2)4-8(6)10/h3-4H,5H2,1-2H3. The van der Waals surface area contributed by atoms with Crippen LogP contribution in [0.1, 0.15) is 11.1 Å². The molecule has 0 radical (unpaired) electrons. The van der Waals surface area contributed by atoms with Gasteiger partial charge in [0.15, 0.2) is 0 Å².